The Hall–Kier alpha value is -1.50. The maximum atomic E-state index is 12.1. The van der Waals surface area contributed by atoms with E-state index in [1.54, 1.807) is 0 Å². The molecule has 0 aliphatic carbocycles. The highest BCUT2D eigenvalue weighted by atomic mass is 35.5. The summed E-state index contributed by atoms with van der Waals surface area (Å²) < 4.78 is 3.84. The number of rotatable bonds is 4. The lowest BCUT2D eigenvalue weighted by Gasteiger charge is -2.06. The molecule has 21 heavy (non-hydrogen) atoms. The van der Waals surface area contributed by atoms with Crippen molar-refractivity contribution >= 4 is 29.8 Å². The van der Waals surface area contributed by atoms with Crippen molar-refractivity contribution in [2.24, 2.45) is 0 Å². The molecule has 5 nitrogen and oxygen atoms in total. The minimum Gasteiger partial charge on any atom is -0.347 e. The molecular formula is C14H17ClN4OS. The minimum atomic E-state index is -0.0875. The van der Waals surface area contributed by atoms with E-state index in [1.165, 1.54) is 11.1 Å². The number of amides is 1. The Kier molecular flexibility index (Phi) is 5.27. The smallest absolute Gasteiger partial charge is 0.265 e. The molecule has 0 radical (unpaired) electrons. The van der Waals surface area contributed by atoms with Gasteiger partial charge in [-0.1, -0.05) is 29.6 Å². The first kappa shape index (κ1) is 15.9. The number of carbonyl (C=O) groups is 1. The fourth-order valence-corrected chi connectivity index (χ4v) is 3.00. The predicted octanol–water partition coefficient (Wildman–Crippen LogP) is 2.06. The molecule has 1 aliphatic rings. The third-order valence-corrected chi connectivity index (χ3v) is 4.22. The molecule has 0 spiro atoms. The number of benzene rings is 1. The molecule has 1 aliphatic heterocycles. The highest BCUT2D eigenvalue weighted by molar-refractivity contribution is 7.08. The number of fused-ring (bicyclic) bond motifs is 1. The molecular weight excluding hydrogens is 308 g/mol. The van der Waals surface area contributed by atoms with Gasteiger partial charge in [0.05, 0.1) is 5.69 Å². The number of hydrogen-bond donors (Lipinski definition) is 2. The zero-order valence-corrected chi connectivity index (χ0v) is 13.3. The number of carbonyl (C=O) groups excluding carboxylic acids is 1. The Balaban J connectivity index is 0.00000161. The van der Waals surface area contributed by atoms with Crippen molar-refractivity contribution in [3.8, 4) is 0 Å². The molecule has 2 N–H and O–H groups in total. The Morgan fingerprint density at radius 3 is 3.00 bits per heavy atom. The number of aryl methyl sites for hydroxylation is 1. The normalized spacial score (nSPS) is 12.6. The van der Waals surface area contributed by atoms with Crippen molar-refractivity contribution in [3.05, 3.63) is 45.5 Å². The quantitative estimate of drug-likeness (QED) is 0.903. The number of aromatic nitrogens is 2. The summed E-state index contributed by atoms with van der Waals surface area (Å²) in [7, 11) is 0. The first-order chi connectivity index (χ1) is 9.78. The van der Waals surface area contributed by atoms with Crippen LogP contribution in [0.25, 0.3) is 0 Å². The van der Waals surface area contributed by atoms with Gasteiger partial charge in [-0.3, -0.25) is 4.79 Å². The van der Waals surface area contributed by atoms with E-state index in [0.29, 0.717) is 11.4 Å². The second-order valence-corrected chi connectivity index (χ2v) is 5.55. The summed E-state index contributed by atoms with van der Waals surface area (Å²) in [5, 5.41) is 10.2. The van der Waals surface area contributed by atoms with Crippen molar-refractivity contribution < 1.29 is 4.79 Å². The average Bonchev–Trinajstić information content (AvgIpc) is 3.12. The van der Waals surface area contributed by atoms with Gasteiger partial charge in [0.15, 0.2) is 0 Å². The molecule has 2 aromatic rings. The Labute approximate surface area is 133 Å². The topological polar surface area (TPSA) is 66.9 Å². The standard InChI is InChI=1S/C14H16N4OS.ClH/c1-2-12-13(20-18-17-12)14(19)16-6-9-3-4-10-7-15-8-11(10)5-9;/h3-5,15H,2,6-8H2,1H3,(H,16,19);1H. The molecule has 0 unspecified atom stereocenters. The maximum absolute atomic E-state index is 12.1. The van der Waals surface area contributed by atoms with E-state index in [9.17, 15) is 4.79 Å². The van der Waals surface area contributed by atoms with Crippen molar-refractivity contribution in [3.63, 3.8) is 0 Å². The van der Waals surface area contributed by atoms with E-state index in [-0.39, 0.29) is 18.3 Å². The fraction of sp³-hybridized carbons (Fsp3) is 0.357. The molecule has 7 heteroatoms. The van der Waals surface area contributed by atoms with Crippen LogP contribution in [0.1, 0.15) is 39.0 Å². The highest BCUT2D eigenvalue weighted by Crippen LogP contribution is 2.17. The van der Waals surface area contributed by atoms with Crippen molar-refractivity contribution in [1.82, 2.24) is 20.2 Å². The molecule has 0 fully saturated rings. The lowest BCUT2D eigenvalue weighted by Crippen LogP contribution is -2.23. The summed E-state index contributed by atoms with van der Waals surface area (Å²) >= 11 is 1.15. The van der Waals surface area contributed by atoms with Gasteiger partial charge in [-0.2, -0.15) is 0 Å². The third kappa shape index (κ3) is 3.40. The Morgan fingerprint density at radius 2 is 2.19 bits per heavy atom. The third-order valence-electron chi connectivity index (χ3n) is 3.45. The van der Waals surface area contributed by atoms with Gasteiger partial charge in [0, 0.05) is 19.6 Å². The van der Waals surface area contributed by atoms with Crippen LogP contribution in [-0.2, 0) is 26.1 Å². The van der Waals surface area contributed by atoms with Gasteiger partial charge in [0.2, 0.25) is 0 Å². The van der Waals surface area contributed by atoms with Crippen molar-refractivity contribution in [2.45, 2.75) is 33.0 Å². The van der Waals surface area contributed by atoms with Gasteiger partial charge in [0.25, 0.3) is 5.91 Å². The molecule has 0 bridgehead atoms. The van der Waals surface area contributed by atoms with E-state index < -0.39 is 0 Å². The van der Waals surface area contributed by atoms with E-state index in [0.717, 1.165) is 42.3 Å². The SMILES string of the molecule is CCc1nnsc1C(=O)NCc1ccc2c(c1)CNC2.Cl. The number of nitrogens with one attached hydrogen (secondary N) is 2. The molecule has 1 aromatic heterocycles. The number of hydrogen-bond acceptors (Lipinski definition) is 5. The summed E-state index contributed by atoms with van der Waals surface area (Å²) in [6.07, 6.45) is 0.726. The zero-order chi connectivity index (χ0) is 13.9. The summed E-state index contributed by atoms with van der Waals surface area (Å²) in [6.45, 7) is 4.36. The molecule has 0 saturated heterocycles. The van der Waals surface area contributed by atoms with Crippen LogP contribution in [0.15, 0.2) is 18.2 Å². The predicted molar refractivity (Wildman–Crippen MR) is 84.7 cm³/mol. The van der Waals surface area contributed by atoms with Crippen LogP contribution in [0, 0.1) is 0 Å². The number of nitrogens with zero attached hydrogens (tertiary/aromatic N) is 2. The van der Waals surface area contributed by atoms with Gasteiger partial charge < -0.3 is 10.6 Å². The van der Waals surface area contributed by atoms with Gasteiger partial charge in [-0.15, -0.1) is 17.5 Å². The monoisotopic (exact) mass is 324 g/mol. The Morgan fingerprint density at radius 1 is 1.38 bits per heavy atom. The van der Waals surface area contributed by atoms with Crippen LogP contribution in [0.5, 0.6) is 0 Å². The van der Waals surface area contributed by atoms with Crippen LogP contribution in [0.3, 0.4) is 0 Å². The molecule has 1 amide bonds. The average molecular weight is 325 g/mol. The lowest BCUT2D eigenvalue weighted by molar-refractivity contribution is 0.0954. The van der Waals surface area contributed by atoms with Crippen LogP contribution in [0.4, 0.5) is 0 Å². The molecule has 0 atom stereocenters. The minimum absolute atomic E-state index is 0. The van der Waals surface area contributed by atoms with E-state index >= 15 is 0 Å². The molecule has 2 heterocycles. The van der Waals surface area contributed by atoms with Crippen LogP contribution >= 0.6 is 23.9 Å². The van der Waals surface area contributed by atoms with Gasteiger partial charge in [-0.05, 0) is 34.6 Å². The second-order valence-electron chi connectivity index (χ2n) is 4.79. The summed E-state index contributed by atoms with van der Waals surface area (Å²) in [6, 6.07) is 6.35. The second kappa shape index (κ2) is 6.98. The van der Waals surface area contributed by atoms with Crippen LogP contribution in [-0.4, -0.2) is 15.5 Å². The van der Waals surface area contributed by atoms with Crippen molar-refractivity contribution in [1.29, 1.82) is 0 Å². The zero-order valence-electron chi connectivity index (χ0n) is 11.7. The Bertz CT molecular complexity index is 644. The van der Waals surface area contributed by atoms with Crippen molar-refractivity contribution in [2.75, 3.05) is 0 Å². The van der Waals surface area contributed by atoms with Gasteiger partial charge in [-0.25, -0.2) is 0 Å². The molecule has 1 aromatic carbocycles. The molecule has 3 rings (SSSR count). The fourth-order valence-electron chi connectivity index (χ4n) is 2.33. The molecule has 112 valence electrons. The van der Waals surface area contributed by atoms with Gasteiger partial charge in [0.1, 0.15) is 4.88 Å². The maximum Gasteiger partial charge on any atom is 0.265 e. The lowest BCUT2D eigenvalue weighted by atomic mass is 10.1. The van der Waals surface area contributed by atoms with E-state index in [4.69, 9.17) is 0 Å². The van der Waals surface area contributed by atoms with Gasteiger partial charge >= 0.3 is 0 Å². The van der Waals surface area contributed by atoms with Crippen LogP contribution in [0.2, 0.25) is 0 Å². The summed E-state index contributed by atoms with van der Waals surface area (Å²) in [4.78, 5) is 12.7. The number of halogens is 1. The summed E-state index contributed by atoms with van der Waals surface area (Å²) in [5.74, 6) is -0.0875. The van der Waals surface area contributed by atoms with Crippen LogP contribution < -0.4 is 10.6 Å². The van der Waals surface area contributed by atoms with E-state index in [1.807, 2.05) is 6.92 Å². The molecule has 0 saturated carbocycles. The summed E-state index contributed by atoms with van der Waals surface area (Å²) in [5.41, 5.74) is 4.56. The highest BCUT2D eigenvalue weighted by Gasteiger charge is 2.15. The largest absolute Gasteiger partial charge is 0.347 e. The first-order valence-corrected chi connectivity index (χ1v) is 7.46. The van der Waals surface area contributed by atoms with E-state index in [2.05, 4.69) is 38.4 Å². The first-order valence-electron chi connectivity index (χ1n) is 6.68.